The summed E-state index contributed by atoms with van der Waals surface area (Å²) in [7, 11) is -1.91. The molecule has 0 atom stereocenters. The van der Waals surface area contributed by atoms with Crippen molar-refractivity contribution >= 4 is 38.3 Å². The molecule has 0 spiro atoms. The van der Waals surface area contributed by atoms with Gasteiger partial charge in [0.1, 0.15) is 23.3 Å². The van der Waals surface area contributed by atoms with Crippen molar-refractivity contribution in [1.82, 2.24) is 15.0 Å². The zero-order valence-electron chi connectivity index (χ0n) is 15.9. The van der Waals surface area contributed by atoms with Crippen molar-refractivity contribution in [3.8, 4) is 11.8 Å². The van der Waals surface area contributed by atoms with E-state index in [0.29, 0.717) is 33.9 Å². The fraction of sp³-hybridized carbons (Fsp3) is 0.278. The lowest BCUT2D eigenvalue weighted by Crippen LogP contribution is -2.13. The average molecular weight is 400 g/mol. The van der Waals surface area contributed by atoms with Crippen LogP contribution in [-0.2, 0) is 9.84 Å². The third-order valence-electron chi connectivity index (χ3n) is 3.93. The molecule has 0 radical (unpaired) electrons. The molecule has 2 heterocycles. The molecule has 0 aliphatic carbocycles. The predicted molar refractivity (Wildman–Crippen MR) is 107 cm³/mol. The standard InChI is InChI=1S/C18H20N6O3S/c1-10(2)21-17-15-11(8-19)9-20-16(15)23-18(24-17)22-13-6-5-12(28(4,25)26)7-14(13)27-3/h5-7,9-10H,1-4H3,(H3,20,21,22,23,24). The molecular weight excluding hydrogens is 380 g/mol. The molecule has 0 saturated carbocycles. The summed E-state index contributed by atoms with van der Waals surface area (Å²) in [6.07, 6.45) is 2.71. The Labute approximate surface area is 162 Å². The van der Waals surface area contributed by atoms with E-state index in [2.05, 4.69) is 31.7 Å². The number of aromatic amines is 1. The van der Waals surface area contributed by atoms with Gasteiger partial charge in [-0.05, 0) is 26.0 Å². The lowest BCUT2D eigenvalue weighted by Gasteiger charge is -2.14. The smallest absolute Gasteiger partial charge is 0.231 e. The number of anilines is 3. The highest BCUT2D eigenvalue weighted by Crippen LogP contribution is 2.31. The van der Waals surface area contributed by atoms with Gasteiger partial charge in [0.05, 0.1) is 28.6 Å². The number of nitrogens with one attached hydrogen (secondary N) is 3. The number of benzene rings is 1. The highest BCUT2D eigenvalue weighted by Gasteiger charge is 2.16. The van der Waals surface area contributed by atoms with Gasteiger partial charge in [0.15, 0.2) is 9.84 Å². The van der Waals surface area contributed by atoms with Gasteiger partial charge in [-0.2, -0.15) is 15.2 Å². The van der Waals surface area contributed by atoms with Gasteiger partial charge in [0.2, 0.25) is 5.95 Å². The Morgan fingerprint density at radius 1 is 1.29 bits per heavy atom. The molecule has 3 aromatic rings. The molecule has 10 heteroatoms. The minimum absolute atomic E-state index is 0.0935. The van der Waals surface area contributed by atoms with Crippen molar-refractivity contribution in [2.45, 2.75) is 24.8 Å². The average Bonchev–Trinajstić information content (AvgIpc) is 3.04. The number of hydrogen-bond donors (Lipinski definition) is 3. The minimum atomic E-state index is -3.36. The first-order valence-corrected chi connectivity index (χ1v) is 10.3. The molecule has 0 unspecified atom stereocenters. The van der Waals surface area contributed by atoms with Crippen LogP contribution in [0.1, 0.15) is 19.4 Å². The molecule has 28 heavy (non-hydrogen) atoms. The van der Waals surface area contributed by atoms with E-state index >= 15 is 0 Å². The van der Waals surface area contributed by atoms with Crippen molar-refractivity contribution in [3.05, 3.63) is 30.0 Å². The van der Waals surface area contributed by atoms with E-state index in [1.165, 1.54) is 19.2 Å². The molecule has 146 valence electrons. The van der Waals surface area contributed by atoms with Gasteiger partial charge in [-0.3, -0.25) is 0 Å². The molecule has 0 amide bonds. The molecular formula is C18H20N6O3S. The van der Waals surface area contributed by atoms with Gasteiger partial charge < -0.3 is 20.4 Å². The summed E-state index contributed by atoms with van der Waals surface area (Å²) < 4.78 is 28.8. The van der Waals surface area contributed by atoms with Gasteiger partial charge in [-0.25, -0.2) is 8.42 Å². The van der Waals surface area contributed by atoms with E-state index in [1.54, 1.807) is 12.3 Å². The van der Waals surface area contributed by atoms with Crippen molar-refractivity contribution in [2.24, 2.45) is 0 Å². The fourth-order valence-corrected chi connectivity index (χ4v) is 3.32. The summed E-state index contributed by atoms with van der Waals surface area (Å²) in [6.45, 7) is 3.93. The number of sulfone groups is 1. The zero-order valence-corrected chi connectivity index (χ0v) is 16.7. The Bertz CT molecular complexity index is 1180. The summed E-state index contributed by atoms with van der Waals surface area (Å²) in [5.74, 6) is 1.13. The molecule has 0 fully saturated rings. The largest absolute Gasteiger partial charge is 0.495 e. The maximum atomic E-state index is 11.8. The van der Waals surface area contributed by atoms with Crippen LogP contribution in [0, 0.1) is 11.3 Å². The Morgan fingerprint density at radius 2 is 2.04 bits per heavy atom. The molecule has 0 bridgehead atoms. The van der Waals surface area contributed by atoms with Gasteiger partial charge in [-0.1, -0.05) is 0 Å². The van der Waals surface area contributed by atoms with Crippen LogP contribution in [0.3, 0.4) is 0 Å². The second kappa shape index (κ2) is 7.36. The normalized spacial score (nSPS) is 11.4. The monoisotopic (exact) mass is 400 g/mol. The number of rotatable bonds is 6. The molecule has 3 rings (SSSR count). The summed E-state index contributed by atoms with van der Waals surface area (Å²) in [5.41, 5.74) is 1.46. The van der Waals surface area contributed by atoms with Crippen LogP contribution in [0.4, 0.5) is 17.5 Å². The van der Waals surface area contributed by atoms with Crippen LogP contribution in [-0.4, -0.2) is 42.8 Å². The molecule has 2 aromatic heterocycles. The van der Waals surface area contributed by atoms with E-state index in [0.717, 1.165) is 6.26 Å². The van der Waals surface area contributed by atoms with Crippen molar-refractivity contribution in [2.75, 3.05) is 24.0 Å². The van der Waals surface area contributed by atoms with Crippen LogP contribution in [0.25, 0.3) is 11.0 Å². The first kappa shape index (κ1) is 19.4. The number of aromatic nitrogens is 3. The number of nitrogens with zero attached hydrogens (tertiary/aromatic N) is 3. The van der Waals surface area contributed by atoms with E-state index < -0.39 is 9.84 Å². The summed E-state index contributed by atoms with van der Waals surface area (Å²) in [6, 6.07) is 6.72. The zero-order chi connectivity index (χ0) is 20.5. The lowest BCUT2D eigenvalue weighted by atomic mass is 10.2. The van der Waals surface area contributed by atoms with E-state index in [9.17, 15) is 13.7 Å². The van der Waals surface area contributed by atoms with Gasteiger partial charge in [-0.15, -0.1) is 0 Å². The third-order valence-corrected chi connectivity index (χ3v) is 5.04. The number of H-pyrrole nitrogens is 1. The number of nitriles is 1. The number of fused-ring (bicyclic) bond motifs is 1. The SMILES string of the molecule is COc1cc(S(C)(=O)=O)ccc1Nc1nc(NC(C)C)c2c(C#N)c[nH]c2n1. The van der Waals surface area contributed by atoms with Gasteiger partial charge in [0.25, 0.3) is 0 Å². The first-order chi connectivity index (χ1) is 13.2. The third kappa shape index (κ3) is 3.84. The summed E-state index contributed by atoms with van der Waals surface area (Å²) >= 11 is 0. The maximum Gasteiger partial charge on any atom is 0.231 e. The summed E-state index contributed by atoms with van der Waals surface area (Å²) in [4.78, 5) is 12.0. The molecule has 0 aliphatic rings. The summed E-state index contributed by atoms with van der Waals surface area (Å²) in [5, 5.41) is 16.2. The highest BCUT2D eigenvalue weighted by atomic mass is 32.2. The van der Waals surface area contributed by atoms with Crippen LogP contribution in [0.5, 0.6) is 5.75 Å². The maximum absolute atomic E-state index is 11.8. The Hall–Kier alpha value is -3.32. The number of hydrogen-bond acceptors (Lipinski definition) is 8. The fourth-order valence-electron chi connectivity index (χ4n) is 2.68. The minimum Gasteiger partial charge on any atom is -0.495 e. The molecule has 9 nitrogen and oxygen atoms in total. The van der Waals surface area contributed by atoms with Crippen LogP contribution < -0.4 is 15.4 Å². The molecule has 0 aliphatic heterocycles. The van der Waals surface area contributed by atoms with E-state index in [1.807, 2.05) is 13.8 Å². The van der Waals surface area contributed by atoms with Gasteiger partial charge >= 0.3 is 0 Å². The van der Waals surface area contributed by atoms with Crippen LogP contribution in [0.15, 0.2) is 29.3 Å². The first-order valence-electron chi connectivity index (χ1n) is 8.43. The number of methoxy groups -OCH3 is 1. The predicted octanol–water partition coefficient (Wildman–Crippen LogP) is 2.81. The number of ether oxygens (including phenoxy) is 1. The Kier molecular flexibility index (Phi) is 5.11. The molecule has 0 saturated heterocycles. The van der Waals surface area contributed by atoms with Crippen LogP contribution >= 0.6 is 0 Å². The molecule has 1 aromatic carbocycles. The van der Waals surface area contributed by atoms with E-state index in [-0.39, 0.29) is 16.9 Å². The van der Waals surface area contributed by atoms with Crippen molar-refractivity contribution in [1.29, 1.82) is 5.26 Å². The topological polar surface area (TPSA) is 133 Å². The quantitative estimate of drug-likeness (QED) is 0.575. The molecule has 3 N–H and O–H groups in total. The lowest BCUT2D eigenvalue weighted by molar-refractivity contribution is 0.415. The van der Waals surface area contributed by atoms with Crippen molar-refractivity contribution in [3.63, 3.8) is 0 Å². The second-order valence-corrected chi connectivity index (χ2v) is 8.51. The van der Waals surface area contributed by atoms with Crippen LogP contribution in [0.2, 0.25) is 0 Å². The van der Waals surface area contributed by atoms with E-state index in [4.69, 9.17) is 4.74 Å². The Morgan fingerprint density at radius 3 is 2.64 bits per heavy atom. The van der Waals surface area contributed by atoms with Gasteiger partial charge in [0, 0.05) is 24.6 Å². The highest BCUT2D eigenvalue weighted by molar-refractivity contribution is 7.90. The van der Waals surface area contributed by atoms with Crippen molar-refractivity contribution < 1.29 is 13.2 Å². The second-order valence-electron chi connectivity index (χ2n) is 6.49. The Balaban J connectivity index is 2.07.